The smallest absolute Gasteiger partial charge is 0.0349 e. The molecule has 1 heterocycles. The Morgan fingerprint density at radius 3 is 2.48 bits per heavy atom. The van der Waals surface area contributed by atoms with Crippen molar-refractivity contribution in [3.8, 4) is 0 Å². The lowest BCUT2D eigenvalue weighted by atomic mass is 10.1. The molecule has 116 valence electrons. The second-order valence-electron chi connectivity index (χ2n) is 6.45. The molecule has 0 aliphatic rings. The molecule has 0 aliphatic carbocycles. The van der Waals surface area contributed by atoms with Crippen LogP contribution >= 0.6 is 11.3 Å². The second-order valence-corrected chi connectivity index (χ2v) is 7.58. The molecule has 0 atom stereocenters. The fourth-order valence-corrected chi connectivity index (χ4v) is 3.98. The highest BCUT2D eigenvalue weighted by molar-refractivity contribution is 7.19. The summed E-state index contributed by atoms with van der Waals surface area (Å²) in [4.78, 5) is 4.08. The Morgan fingerprint density at radius 1 is 1.14 bits per heavy atom. The van der Waals surface area contributed by atoms with Gasteiger partial charge in [-0.15, -0.1) is 11.3 Å². The molecule has 0 radical (unpaired) electrons. The molecular formula is C18H28N2S. The molecule has 2 rings (SSSR count). The molecular weight excluding hydrogens is 276 g/mol. The van der Waals surface area contributed by atoms with Crippen molar-refractivity contribution in [3.05, 3.63) is 34.7 Å². The molecule has 1 N–H and O–H groups in total. The number of fused-ring (bicyclic) bond motifs is 1. The Kier molecular flexibility index (Phi) is 5.80. The lowest BCUT2D eigenvalue weighted by molar-refractivity contribution is 0.189. The third-order valence-electron chi connectivity index (χ3n) is 3.81. The monoisotopic (exact) mass is 304 g/mol. The van der Waals surface area contributed by atoms with E-state index in [2.05, 4.69) is 62.2 Å². The molecule has 0 fully saturated rings. The van der Waals surface area contributed by atoms with E-state index in [0.717, 1.165) is 19.6 Å². The van der Waals surface area contributed by atoms with E-state index in [9.17, 15) is 0 Å². The maximum Gasteiger partial charge on any atom is 0.0349 e. The van der Waals surface area contributed by atoms with Gasteiger partial charge in [-0.1, -0.05) is 32.0 Å². The average Bonchev–Trinajstić information content (AvgIpc) is 2.76. The highest BCUT2D eigenvalue weighted by Gasteiger charge is 2.17. The van der Waals surface area contributed by atoms with E-state index in [1.807, 2.05) is 18.4 Å². The zero-order valence-corrected chi connectivity index (χ0v) is 14.8. The van der Waals surface area contributed by atoms with Crippen molar-refractivity contribution >= 4 is 21.4 Å². The van der Waals surface area contributed by atoms with Crippen LogP contribution in [-0.2, 0) is 13.1 Å². The molecule has 0 saturated carbocycles. The van der Waals surface area contributed by atoms with Gasteiger partial charge in [-0.3, -0.25) is 4.90 Å². The van der Waals surface area contributed by atoms with Crippen LogP contribution in [0.1, 0.15) is 38.1 Å². The molecule has 0 unspecified atom stereocenters. The van der Waals surface area contributed by atoms with E-state index in [1.165, 1.54) is 20.5 Å². The summed E-state index contributed by atoms with van der Waals surface area (Å²) in [5.74, 6) is 0.699. The average molecular weight is 305 g/mol. The van der Waals surface area contributed by atoms with Gasteiger partial charge in [0, 0.05) is 35.3 Å². The van der Waals surface area contributed by atoms with E-state index in [4.69, 9.17) is 0 Å². The van der Waals surface area contributed by atoms with Crippen molar-refractivity contribution in [2.24, 2.45) is 5.92 Å². The molecule has 2 aromatic rings. The second kappa shape index (κ2) is 7.39. The van der Waals surface area contributed by atoms with Gasteiger partial charge in [0.1, 0.15) is 0 Å². The van der Waals surface area contributed by atoms with Crippen molar-refractivity contribution in [2.45, 2.75) is 46.8 Å². The molecule has 0 saturated heterocycles. The highest BCUT2D eigenvalue weighted by Crippen LogP contribution is 2.32. The Hall–Kier alpha value is -0.900. The summed E-state index contributed by atoms with van der Waals surface area (Å²) in [7, 11) is 2.03. The van der Waals surface area contributed by atoms with Crippen LogP contribution in [0.25, 0.3) is 10.1 Å². The van der Waals surface area contributed by atoms with E-state index in [-0.39, 0.29) is 0 Å². The lowest BCUT2D eigenvalue weighted by Crippen LogP contribution is -2.33. The maximum absolute atomic E-state index is 3.32. The molecule has 0 aliphatic heterocycles. The highest BCUT2D eigenvalue weighted by atomic mass is 32.1. The first kappa shape index (κ1) is 16.5. The number of hydrogen-bond donors (Lipinski definition) is 1. The first-order valence-corrected chi connectivity index (χ1v) is 8.72. The van der Waals surface area contributed by atoms with Gasteiger partial charge in [-0.2, -0.15) is 0 Å². The standard InChI is InChI=1S/C18H28N2S/c1-13(2)11-20(14(3)4)12-16-15-8-6-7-9-17(15)21-18(16)10-19-5/h6-9,13-14,19H,10-12H2,1-5H3. The van der Waals surface area contributed by atoms with E-state index >= 15 is 0 Å². The van der Waals surface area contributed by atoms with Gasteiger partial charge in [-0.25, -0.2) is 0 Å². The van der Waals surface area contributed by atoms with Crippen LogP contribution in [0.3, 0.4) is 0 Å². The van der Waals surface area contributed by atoms with Crippen LogP contribution in [0.4, 0.5) is 0 Å². The van der Waals surface area contributed by atoms with Crippen LogP contribution in [0, 0.1) is 5.92 Å². The van der Waals surface area contributed by atoms with E-state index < -0.39 is 0 Å². The summed E-state index contributed by atoms with van der Waals surface area (Å²) in [6.45, 7) is 12.4. The fraction of sp³-hybridized carbons (Fsp3) is 0.556. The Labute approximate surface area is 133 Å². The van der Waals surface area contributed by atoms with E-state index in [1.54, 1.807) is 0 Å². The van der Waals surface area contributed by atoms with E-state index in [0.29, 0.717) is 12.0 Å². The van der Waals surface area contributed by atoms with Gasteiger partial charge >= 0.3 is 0 Å². The normalized spacial score (nSPS) is 12.2. The summed E-state index contributed by atoms with van der Waals surface area (Å²) in [6, 6.07) is 9.39. The van der Waals surface area contributed by atoms with Crippen LogP contribution in [-0.4, -0.2) is 24.5 Å². The minimum Gasteiger partial charge on any atom is -0.315 e. The fourth-order valence-electron chi connectivity index (χ4n) is 2.76. The van der Waals surface area contributed by atoms with Crippen molar-refractivity contribution in [2.75, 3.05) is 13.6 Å². The molecule has 2 nitrogen and oxygen atoms in total. The van der Waals surface area contributed by atoms with Crippen LogP contribution in [0.2, 0.25) is 0 Å². The molecule has 1 aromatic carbocycles. The molecule has 0 bridgehead atoms. The van der Waals surface area contributed by atoms with Crippen LogP contribution in [0.15, 0.2) is 24.3 Å². The SMILES string of the molecule is CNCc1sc2ccccc2c1CN(CC(C)C)C(C)C. The Balaban J connectivity index is 2.36. The third kappa shape index (κ3) is 4.06. The number of nitrogens with zero attached hydrogens (tertiary/aromatic N) is 1. The van der Waals surface area contributed by atoms with Crippen molar-refractivity contribution in [1.82, 2.24) is 10.2 Å². The summed E-state index contributed by atoms with van der Waals surface area (Å²) >= 11 is 1.93. The topological polar surface area (TPSA) is 15.3 Å². The lowest BCUT2D eigenvalue weighted by Gasteiger charge is -2.28. The molecule has 0 spiro atoms. The largest absolute Gasteiger partial charge is 0.315 e. The van der Waals surface area contributed by atoms with Gasteiger partial charge < -0.3 is 5.32 Å². The van der Waals surface area contributed by atoms with Crippen LogP contribution in [0.5, 0.6) is 0 Å². The minimum absolute atomic E-state index is 0.577. The summed E-state index contributed by atoms with van der Waals surface area (Å²) < 4.78 is 1.41. The molecule has 0 amide bonds. The van der Waals surface area contributed by atoms with Gasteiger partial charge in [0.05, 0.1) is 0 Å². The Morgan fingerprint density at radius 2 is 1.86 bits per heavy atom. The summed E-state index contributed by atoms with van der Waals surface area (Å²) in [5.41, 5.74) is 1.51. The summed E-state index contributed by atoms with van der Waals surface area (Å²) in [5, 5.41) is 4.75. The number of benzene rings is 1. The van der Waals surface area contributed by atoms with Crippen LogP contribution < -0.4 is 5.32 Å². The van der Waals surface area contributed by atoms with Crippen molar-refractivity contribution < 1.29 is 0 Å². The first-order chi connectivity index (χ1) is 10.0. The Bertz CT molecular complexity index is 572. The van der Waals surface area contributed by atoms with Gasteiger partial charge in [0.15, 0.2) is 0 Å². The van der Waals surface area contributed by atoms with Gasteiger partial charge in [0.25, 0.3) is 0 Å². The number of thiophene rings is 1. The predicted octanol–water partition coefficient (Wildman–Crippen LogP) is 4.49. The van der Waals surface area contributed by atoms with Gasteiger partial charge in [0.2, 0.25) is 0 Å². The summed E-state index contributed by atoms with van der Waals surface area (Å²) in [6.07, 6.45) is 0. The molecule has 21 heavy (non-hydrogen) atoms. The third-order valence-corrected chi connectivity index (χ3v) is 5.02. The predicted molar refractivity (Wildman–Crippen MR) is 95.0 cm³/mol. The first-order valence-electron chi connectivity index (χ1n) is 7.90. The number of rotatable bonds is 7. The number of hydrogen-bond acceptors (Lipinski definition) is 3. The molecule has 3 heteroatoms. The van der Waals surface area contributed by atoms with Crippen molar-refractivity contribution in [3.63, 3.8) is 0 Å². The molecule has 1 aromatic heterocycles. The van der Waals surface area contributed by atoms with Gasteiger partial charge in [-0.05, 0) is 43.8 Å². The zero-order chi connectivity index (χ0) is 15.4. The minimum atomic E-state index is 0.577. The number of nitrogens with one attached hydrogen (secondary N) is 1. The van der Waals surface area contributed by atoms with Crippen molar-refractivity contribution in [1.29, 1.82) is 0 Å². The quantitative estimate of drug-likeness (QED) is 0.811. The maximum atomic E-state index is 3.32. The zero-order valence-electron chi connectivity index (χ0n) is 13.9.